The number of ether oxygens (including phenoxy) is 1. The third-order valence-corrected chi connectivity index (χ3v) is 6.34. The second-order valence-corrected chi connectivity index (χ2v) is 9.07. The summed E-state index contributed by atoms with van der Waals surface area (Å²) in [5, 5.41) is 11.5. The van der Waals surface area contributed by atoms with E-state index in [1.54, 1.807) is 23.0 Å². The first-order valence-corrected chi connectivity index (χ1v) is 11.3. The Morgan fingerprint density at radius 2 is 1.88 bits per heavy atom. The number of aryl methyl sites for hydroxylation is 1. The van der Waals surface area contributed by atoms with E-state index in [4.69, 9.17) is 28.6 Å². The molecule has 164 valence electrons. The lowest BCUT2D eigenvalue weighted by atomic mass is 10.1. The molecule has 0 bridgehead atoms. The van der Waals surface area contributed by atoms with Gasteiger partial charge in [0.05, 0.1) is 19.3 Å². The van der Waals surface area contributed by atoms with Crippen molar-refractivity contribution in [2.24, 2.45) is 0 Å². The summed E-state index contributed by atoms with van der Waals surface area (Å²) in [6.45, 7) is 2.39. The summed E-state index contributed by atoms with van der Waals surface area (Å²) in [5.41, 5.74) is 2.72. The van der Waals surface area contributed by atoms with Gasteiger partial charge in [0, 0.05) is 21.0 Å². The van der Waals surface area contributed by atoms with E-state index in [0.29, 0.717) is 22.2 Å². The molecule has 10 heteroatoms. The molecule has 0 atom stereocenters. The quantitative estimate of drug-likeness (QED) is 0.359. The number of carbonyl (C=O) groups excluding carboxylic acids is 1. The summed E-state index contributed by atoms with van der Waals surface area (Å²) >= 11 is 12.8. The number of hydrogen-bond acceptors (Lipinski definition) is 6. The molecular weight excluding hydrogens is 466 g/mol. The van der Waals surface area contributed by atoms with Crippen LogP contribution in [0.4, 0.5) is 0 Å². The molecule has 0 saturated carbocycles. The van der Waals surface area contributed by atoms with E-state index in [-0.39, 0.29) is 12.5 Å². The Morgan fingerprint density at radius 1 is 1.19 bits per heavy atom. The predicted octanol–water partition coefficient (Wildman–Crippen LogP) is 5.02. The van der Waals surface area contributed by atoms with Crippen molar-refractivity contribution in [3.63, 3.8) is 0 Å². The summed E-state index contributed by atoms with van der Waals surface area (Å²) in [6, 6.07) is 15.0. The maximum absolute atomic E-state index is 12.6. The lowest BCUT2D eigenvalue weighted by Crippen LogP contribution is -2.27. The molecule has 4 rings (SSSR count). The molecule has 2 N–H and O–H groups in total. The molecule has 0 saturated heterocycles. The topological polar surface area (TPSA) is 84.8 Å². The van der Waals surface area contributed by atoms with Crippen LogP contribution in [0.1, 0.15) is 9.88 Å². The summed E-state index contributed by atoms with van der Waals surface area (Å²) < 4.78 is 7.23. The third-order valence-electron chi connectivity index (χ3n) is 4.80. The number of H-pyrrole nitrogens is 1. The van der Waals surface area contributed by atoms with Gasteiger partial charge in [-0.15, -0.1) is 11.3 Å². The average molecular weight is 486 g/mol. The number of halogens is 1. The monoisotopic (exact) mass is 485 g/mol. The minimum absolute atomic E-state index is 0.0467. The van der Waals surface area contributed by atoms with Gasteiger partial charge in [-0.1, -0.05) is 23.7 Å². The summed E-state index contributed by atoms with van der Waals surface area (Å²) in [4.78, 5) is 18.4. The molecule has 0 spiro atoms. The third kappa shape index (κ3) is 4.90. The number of amides is 1. The van der Waals surface area contributed by atoms with Crippen LogP contribution in [0.3, 0.4) is 0 Å². The number of nitrogens with one attached hydrogen (secondary N) is 2. The van der Waals surface area contributed by atoms with Crippen LogP contribution in [-0.4, -0.2) is 32.8 Å². The van der Waals surface area contributed by atoms with Crippen molar-refractivity contribution in [1.82, 2.24) is 25.1 Å². The first-order valence-electron chi connectivity index (χ1n) is 9.73. The van der Waals surface area contributed by atoms with E-state index in [1.165, 1.54) is 0 Å². The molecule has 0 radical (unpaired) electrons. The standard InChI is InChI=1S/C22H20ClN5O2S2/c1-13-20(14-3-7-16(23)8-4-14)25-19(32-13)11-24-18(29)12-28-21(26-27-22(28)31)15-5-9-17(30-2)10-6-15/h3-10H,11-12H2,1-2H3,(H,24,29)(H,27,31). The van der Waals surface area contributed by atoms with Crippen molar-refractivity contribution in [3.8, 4) is 28.4 Å². The van der Waals surface area contributed by atoms with E-state index < -0.39 is 0 Å². The number of nitrogens with zero attached hydrogens (tertiary/aromatic N) is 3. The zero-order valence-corrected chi connectivity index (χ0v) is 19.8. The molecule has 1 amide bonds. The van der Waals surface area contributed by atoms with Crippen LogP contribution < -0.4 is 10.1 Å². The molecule has 0 aliphatic heterocycles. The Morgan fingerprint density at radius 3 is 2.56 bits per heavy atom. The van der Waals surface area contributed by atoms with Gasteiger partial charge in [0.25, 0.3) is 0 Å². The summed E-state index contributed by atoms with van der Waals surface area (Å²) in [7, 11) is 1.61. The van der Waals surface area contributed by atoms with Crippen molar-refractivity contribution < 1.29 is 9.53 Å². The molecule has 4 aromatic rings. The highest BCUT2D eigenvalue weighted by Crippen LogP contribution is 2.28. The van der Waals surface area contributed by atoms with E-state index in [1.807, 2.05) is 55.5 Å². The normalized spacial score (nSPS) is 10.8. The number of aromatic nitrogens is 4. The maximum Gasteiger partial charge on any atom is 0.240 e. The van der Waals surface area contributed by atoms with E-state index in [2.05, 4.69) is 20.5 Å². The zero-order chi connectivity index (χ0) is 22.7. The highest BCUT2D eigenvalue weighted by Gasteiger charge is 2.14. The van der Waals surface area contributed by atoms with Crippen LogP contribution in [0.2, 0.25) is 5.02 Å². The second-order valence-electron chi connectivity index (χ2n) is 6.96. The summed E-state index contributed by atoms with van der Waals surface area (Å²) in [6.07, 6.45) is 0. The fourth-order valence-electron chi connectivity index (χ4n) is 3.20. The van der Waals surface area contributed by atoms with Gasteiger partial charge < -0.3 is 10.1 Å². The van der Waals surface area contributed by atoms with Crippen molar-refractivity contribution in [2.75, 3.05) is 7.11 Å². The van der Waals surface area contributed by atoms with Gasteiger partial charge in [0.2, 0.25) is 5.91 Å². The average Bonchev–Trinajstić information content (AvgIpc) is 3.35. The highest BCUT2D eigenvalue weighted by atomic mass is 35.5. The molecule has 2 aromatic heterocycles. The van der Waals surface area contributed by atoms with Crippen LogP contribution in [-0.2, 0) is 17.9 Å². The van der Waals surface area contributed by atoms with E-state index in [0.717, 1.165) is 32.5 Å². The molecule has 32 heavy (non-hydrogen) atoms. The van der Waals surface area contributed by atoms with Crippen LogP contribution in [0, 0.1) is 11.7 Å². The van der Waals surface area contributed by atoms with Gasteiger partial charge in [-0.2, -0.15) is 5.10 Å². The summed E-state index contributed by atoms with van der Waals surface area (Å²) in [5.74, 6) is 1.14. The maximum atomic E-state index is 12.6. The number of thiazole rings is 1. The zero-order valence-electron chi connectivity index (χ0n) is 17.4. The fourth-order valence-corrected chi connectivity index (χ4v) is 4.42. The Hall–Kier alpha value is -3.01. The molecule has 7 nitrogen and oxygen atoms in total. The largest absolute Gasteiger partial charge is 0.497 e. The van der Waals surface area contributed by atoms with Crippen molar-refractivity contribution in [2.45, 2.75) is 20.0 Å². The molecule has 0 aliphatic carbocycles. The SMILES string of the molecule is COc1ccc(-c2n[nH]c(=S)n2CC(=O)NCc2nc(-c3ccc(Cl)cc3)c(C)s2)cc1. The molecule has 2 aromatic carbocycles. The predicted molar refractivity (Wildman–Crippen MR) is 129 cm³/mol. The second kappa shape index (κ2) is 9.64. The Kier molecular flexibility index (Phi) is 6.69. The minimum atomic E-state index is -0.182. The number of benzene rings is 2. The van der Waals surface area contributed by atoms with Crippen molar-refractivity contribution >= 4 is 41.1 Å². The van der Waals surface area contributed by atoms with Crippen molar-refractivity contribution in [3.05, 3.63) is 68.2 Å². The number of aromatic amines is 1. The molecule has 2 heterocycles. The van der Waals surface area contributed by atoms with E-state index in [9.17, 15) is 4.79 Å². The lowest BCUT2D eigenvalue weighted by molar-refractivity contribution is -0.121. The van der Waals surface area contributed by atoms with Gasteiger partial charge in [-0.05, 0) is 55.5 Å². The van der Waals surface area contributed by atoms with Gasteiger partial charge in [0.1, 0.15) is 17.3 Å². The van der Waals surface area contributed by atoms with Crippen LogP contribution in [0.15, 0.2) is 48.5 Å². The Bertz CT molecular complexity index is 1290. The van der Waals surface area contributed by atoms with Gasteiger partial charge in [-0.3, -0.25) is 14.5 Å². The first-order chi connectivity index (χ1) is 15.4. The molecule has 0 unspecified atom stereocenters. The first kappa shape index (κ1) is 22.2. The van der Waals surface area contributed by atoms with Gasteiger partial charge in [0.15, 0.2) is 10.6 Å². The van der Waals surface area contributed by atoms with Crippen LogP contribution >= 0.6 is 35.2 Å². The van der Waals surface area contributed by atoms with Gasteiger partial charge >= 0.3 is 0 Å². The lowest BCUT2D eigenvalue weighted by Gasteiger charge is -2.08. The number of hydrogen-bond donors (Lipinski definition) is 2. The van der Waals surface area contributed by atoms with Crippen molar-refractivity contribution in [1.29, 1.82) is 0 Å². The molecular formula is C22H20ClN5O2S2. The van der Waals surface area contributed by atoms with Crippen LogP contribution in [0.25, 0.3) is 22.6 Å². The molecule has 0 aliphatic rings. The molecule has 0 fully saturated rings. The smallest absolute Gasteiger partial charge is 0.240 e. The van der Waals surface area contributed by atoms with Gasteiger partial charge in [-0.25, -0.2) is 4.98 Å². The highest BCUT2D eigenvalue weighted by molar-refractivity contribution is 7.71. The number of rotatable bonds is 7. The number of carbonyl (C=O) groups is 1. The van der Waals surface area contributed by atoms with Crippen LogP contribution in [0.5, 0.6) is 5.75 Å². The Balaban J connectivity index is 1.44. The number of methoxy groups -OCH3 is 1. The fraction of sp³-hybridized carbons (Fsp3) is 0.182. The van der Waals surface area contributed by atoms with E-state index >= 15 is 0 Å². The Labute approximate surface area is 199 Å². The minimum Gasteiger partial charge on any atom is -0.497 e.